The second-order valence-electron chi connectivity index (χ2n) is 8.57. The molecule has 0 bridgehead atoms. The summed E-state index contributed by atoms with van der Waals surface area (Å²) in [5, 5.41) is 19.1. The van der Waals surface area contributed by atoms with E-state index in [9.17, 15) is 0 Å². The fraction of sp³-hybridized carbons (Fsp3) is 0.292. The molecule has 0 unspecified atom stereocenters. The Balaban J connectivity index is 1.61. The van der Waals surface area contributed by atoms with Gasteiger partial charge in [0, 0.05) is 23.9 Å². The lowest BCUT2D eigenvalue weighted by molar-refractivity contribution is 0.523. The minimum atomic E-state index is -0.0860. The molecule has 7 nitrogen and oxygen atoms in total. The maximum absolute atomic E-state index is 4.85. The van der Waals surface area contributed by atoms with Crippen LogP contribution >= 0.6 is 0 Å². The maximum Gasteiger partial charge on any atom is 0.180 e. The maximum atomic E-state index is 4.85. The Labute approximate surface area is 182 Å². The van der Waals surface area contributed by atoms with Crippen LogP contribution < -0.4 is 0 Å². The Kier molecular flexibility index (Phi) is 5.75. The Bertz CT molecular complexity index is 1150. The van der Waals surface area contributed by atoms with E-state index >= 15 is 0 Å². The SMILES string of the molecule is C=CCCn1nc(C(C)(C)C)nc1Cc1ccc(-c2ccccc2-c2nnn[nH]2)cc1. The van der Waals surface area contributed by atoms with Crippen molar-refractivity contribution < 1.29 is 0 Å². The summed E-state index contributed by atoms with van der Waals surface area (Å²) >= 11 is 0. The Hall–Kier alpha value is -3.61. The van der Waals surface area contributed by atoms with Crippen LogP contribution in [0.3, 0.4) is 0 Å². The van der Waals surface area contributed by atoms with Gasteiger partial charge in [-0.25, -0.2) is 14.8 Å². The zero-order valence-electron chi connectivity index (χ0n) is 18.2. The summed E-state index contributed by atoms with van der Waals surface area (Å²) in [5.74, 6) is 2.51. The van der Waals surface area contributed by atoms with Crippen molar-refractivity contribution in [2.75, 3.05) is 0 Å². The highest BCUT2D eigenvalue weighted by Crippen LogP contribution is 2.30. The van der Waals surface area contributed by atoms with Crippen molar-refractivity contribution in [1.29, 1.82) is 0 Å². The van der Waals surface area contributed by atoms with E-state index in [1.807, 2.05) is 29.0 Å². The van der Waals surface area contributed by atoms with Crippen molar-refractivity contribution in [3.63, 3.8) is 0 Å². The van der Waals surface area contributed by atoms with Gasteiger partial charge in [-0.2, -0.15) is 5.10 Å². The number of aryl methyl sites for hydroxylation is 1. The zero-order chi connectivity index (χ0) is 21.8. The minimum Gasteiger partial charge on any atom is -0.249 e. The van der Waals surface area contributed by atoms with Gasteiger partial charge in [-0.1, -0.05) is 75.4 Å². The van der Waals surface area contributed by atoms with E-state index in [0.29, 0.717) is 5.82 Å². The molecule has 2 aromatic carbocycles. The summed E-state index contributed by atoms with van der Waals surface area (Å²) < 4.78 is 2.02. The molecule has 0 aliphatic heterocycles. The van der Waals surface area contributed by atoms with Crippen molar-refractivity contribution >= 4 is 0 Å². The van der Waals surface area contributed by atoms with Crippen LogP contribution in [0.25, 0.3) is 22.5 Å². The van der Waals surface area contributed by atoms with Crippen LogP contribution in [-0.2, 0) is 18.4 Å². The van der Waals surface area contributed by atoms with Crippen LogP contribution in [0.1, 0.15) is 44.4 Å². The number of hydrogen-bond acceptors (Lipinski definition) is 5. The van der Waals surface area contributed by atoms with Gasteiger partial charge in [0.15, 0.2) is 11.6 Å². The second kappa shape index (κ2) is 8.63. The summed E-state index contributed by atoms with van der Waals surface area (Å²) in [6.45, 7) is 11.0. The van der Waals surface area contributed by atoms with Crippen molar-refractivity contribution in [2.45, 2.75) is 45.6 Å². The lowest BCUT2D eigenvalue weighted by atomic mass is 9.96. The number of nitrogens with one attached hydrogen (secondary N) is 1. The van der Waals surface area contributed by atoms with Crippen LogP contribution in [0.15, 0.2) is 61.2 Å². The highest BCUT2D eigenvalue weighted by molar-refractivity contribution is 5.80. The van der Waals surface area contributed by atoms with E-state index in [4.69, 9.17) is 10.1 Å². The van der Waals surface area contributed by atoms with Crippen LogP contribution in [0, 0.1) is 0 Å². The third-order valence-corrected chi connectivity index (χ3v) is 5.12. The summed E-state index contributed by atoms with van der Waals surface area (Å²) in [5.41, 5.74) is 4.27. The van der Waals surface area contributed by atoms with Crippen molar-refractivity contribution in [1.82, 2.24) is 35.4 Å². The summed E-state index contributed by atoms with van der Waals surface area (Å²) in [7, 11) is 0. The molecule has 0 fully saturated rings. The van der Waals surface area contributed by atoms with Gasteiger partial charge >= 0.3 is 0 Å². The smallest absolute Gasteiger partial charge is 0.180 e. The molecule has 0 radical (unpaired) electrons. The molecule has 2 heterocycles. The number of allylic oxidation sites excluding steroid dienone is 1. The Morgan fingerprint density at radius 3 is 2.42 bits per heavy atom. The number of nitrogens with zero attached hydrogens (tertiary/aromatic N) is 6. The average Bonchev–Trinajstić information content (AvgIpc) is 3.43. The predicted molar refractivity (Wildman–Crippen MR) is 121 cm³/mol. The molecule has 0 saturated heterocycles. The molecule has 0 amide bonds. The lowest BCUT2D eigenvalue weighted by Crippen LogP contribution is -2.14. The highest BCUT2D eigenvalue weighted by Gasteiger charge is 2.21. The molecule has 0 saturated carbocycles. The topological polar surface area (TPSA) is 85.2 Å². The standard InChI is InChI=1S/C24H27N7/c1-5-6-15-31-21(25-23(28-31)24(2,3)4)16-17-11-13-18(14-12-17)19-9-7-8-10-20(19)22-26-29-30-27-22/h5,7-14H,1,6,15-16H2,2-4H3,(H,26,27,29,30). The van der Waals surface area contributed by atoms with Gasteiger partial charge in [0.2, 0.25) is 0 Å². The molecule has 4 aromatic rings. The van der Waals surface area contributed by atoms with E-state index in [2.05, 4.69) is 78.3 Å². The zero-order valence-corrected chi connectivity index (χ0v) is 18.2. The minimum absolute atomic E-state index is 0.0860. The molecule has 0 aliphatic carbocycles. The first kappa shape index (κ1) is 20.7. The van der Waals surface area contributed by atoms with E-state index in [1.54, 1.807) is 0 Å². The molecule has 158 valence electrons. The predicted octanol–water partition coefficient (Wildman–Crippen LogP) is 4.59. The average molecular weight is 414 g/mol. The van der Waals surface area contributed by atoms with Gasteiger partial charge in [0.25, 0.3) is 0 Å². The molecule has 4 rings (SSSR count). The molecule has 0 aliphatic rings. The van der Waals surface area contributed by atoms with E-state index < -0.39 is 0 Å². The van der Waals surface area contributed by atoms with E-state index in [1.165, 1.54) is 5.56 Å². The second-order valence-corrected chi connectivity index (χ2v) is 8.57. The molecular formula is C24H27N7. The monoisotopic (exact) mass is 413 g/mol. The van der Waals surface area contributed by atoms with Crippen molar-refractivity contribution in [3.8, 4) is 22.5 Å². The fourth-order valence-electron chi connectivity index (χ4n) is 3.41. The quantitative estimate of drug-likeness (QED) is 0.448. The molecule has 1 N–H and O–H groups in total. The van der Waals surface area contributed by atoms with Crippen LogP contribution in [0.5, 0.6) is 0 Å². The molecule has 31 heavy (non-hydrogen) atoms. The first-order valence-corrected chi connectivity index (χ1v) is 10.4. The van der Waals surface area contributed by atoms with Gasteiger partial charge in [-0.15, -0.1) is 11.7 Å². The first-order valence-electron chi connectivity index (χ1n) is 10.4. The van der Waals surface area contributed by atoms with Gasteiger partial charge in [0.1, 0.15) is 5.82 Å². The van der Waals surface area contributed by atoms with Crippen LogP contribution in [-0.4, -0.2) is 35.4 Å². The van der Waals surface area contributed by atoms with E-state index in [0.717, 1.165) is 47.7 Å². The van der Waals surface area contributed by atoms with Crippen molar-refractivity contribution in [2.24, 2.45) is 0 Å². The number of rotatable bonds is 7. The number of aromatic nitrogens is 7. The first-order chi connectivity index (χ1) is 15.0. The number of hydrogen-bond donors (Lipinski definition) is 1. The number of H-pyrrole nitrogens is 1. The summed E-state index contributed by atoms with van der Waals surface area (Å²) in [6.07, 6.45) is 3.51. The molecule has 2 aromatic heterocycles. The van der Waals surface area contributed by atoms with Gasteiger partial charge in [-0.05, 0) is 33.5 Å². The number of aromatic amines is 1. The normalized spacial score (nSPS) is 11.6. The highest BCUT2D eigenvalue weighted by atomic mass is 15.5. The van der Waals surface area contributed by atoms with Crippen LogP contribution in [0.4, 0.5) is 0 Å². The Morgan fingerprint density at radius 2 is 1.77 bits per heavy atom. The largest absolute Gasteiger partial charge is 0.249 e. The molecule has 0 atom stereocenters. The fourth-order valence-corrected chi connectivity index (χ4v) is 3.41. The molecule has 0 spiro atoms. The van der Waals surface area contributed by atoms with Gasteiger partial charge in [-0.3, -0.25) is 0 Å². The third kappa shape index (κ3) is 4.60. The molecular weight excluding hydrogens is 386 g/mol. The summed E-state index contributed by atoms with van der Waals surface area (Å²) in [6, 6.07) is 16.7. The Morgan fingerprint density at radius 1 is 1.03 bits per heavy atom. The van der Waals surface area contributed by atoms with Gasteiger partial charge in [0.05, 0.1) is 0 Å². The van der Waals surface area contributed by atoms with E-state index in [-0.39, 0.29) is 5.41 Å². The number of benzene rings is 2. The van der Waals surface area contributed by atoms with Gasteiger partial charge < -0.3 is 0 Å². The van der Waals surface area contributed by atoms with Crippen LogP contribution in [0.2, 0.25) is 0 Å². The lowest BCUT2D eigenvalue weighted by Gasteiger charge is -2.12. The van der Waals surface area contributed by atoms with Crippen molar-refractivity contribution in [3.05, 3.63) is 78.4 Å². The third-order valence-electron chi connectivity index (χ3n) is 5.12. The summed E-state index contributed by atoms with van der Waals surface area (Å²) in [4.78, 5) is 4.85. The molecule has 7 heteroatoms. The number of tetrazole rings is 1.